The van der Waals surface area contributed by atoms with Crippen molar-refractivity contribution in [3.63, 3.8) is 0 Å². The summed E-state index contributed by atoms with van der Waals surface area (Å²) >= 11 is 0. The highest BCUT2D eigenvalue weighted by atomic mass is 19.2. The van der Waals surface area contributed by atoms with Gasteiger partial charge in [0, 0.05) is 25.2 Å². The van der Waals surface area contributed by atoms with Gasteiger partial charge >= 0.3 is 0 Å². The van der Waals surface area contributed by atoms with Crippen molar-refractivity contribution in [1.29, 1.82) is 0 Å². The van der Waals surface area contributed by atoms with Crippen LogP contribution in [0.2, 0.25) is 0 Å². The smallest absolute Gasteiger partial charge is 0.196 e. The lowest BCUT2D eigenvalue weighted by Gasteiger charge is -2.43. The molecule has 2 fully saturated rings. The number of halogens is 3. The zero-order chi connectivity index (χ0) is 13.6. The lowest BCUT2D eigenvalue weighted by Crippen LogP contribution is -2.55. The third-order valence-corrected chi connectivity index (χ3v) is 4.26. The molecule has 0 radical (unpaired) electrons. The molecule has 2 atom stereocenters. The number of hydrogen-bond donors (Lipinski definition) is 0. The number of anilines is 1. The summed E-state index contributed by atoms with van der Waals surface area (Å²) in [4.78, 5) is 4.27. The van der Waals surface area contributed by atoms with E-state index < -0.39 is 17.5 Å². The Balaban J connectivity index is 1.91. The highest BCUT2D eigenvalue weighted by Gasteiger charge is 2.35. The van der Waals surface area contributed by atoms with E-state index in [1.807, 2.05) is 11.8 Å². The van der Waals surface area contributed by atoms with Gasteiger partial charge in [-0.25, -0.2) is 13.2 Å². The fourth-order valence-electron chi connectivity index (χ4n) is 3.26. The molecule has 2 saturated heterocycles. The Labute approximate surface area is 110 Å². The molecule has 1 aromatic carbocycles. The molecule has 2 aliphatic rings. The molecule has 0 spiro atoms. The van der Waals surface area contributed by atoms with E-state index in [0.29, 0.717) is 12.6 Å². The third kappa shape index (κ3) is 2.10. The predicted molar refractivity (Wildman–Crippen MR) is 67.7 cm³/mol. The first-order chi connectivity index (χ1) is 9.08. The zero-order valence-electron chi connectivity index (χ0n) is 10.9. The molecule has 5 heteroatoms. The van der Waals surface area contributed by atoms with Gasteiger partial charge in [0.05, 0.1) is 5.69 Å². The molecule has 104 valence electrons. The second-order valence-corrected chi connectivity index (χ2v) is 5.49. The van der Waals surface area contributed by atoms with Crippen molar-refractivity contribution in [2.75, 3.05) is 24.5 Å². The maximum atomic E-state index is 13.9. The van der Waals surface area contributed by atoms with Gasteiger partial charge in [0.15, 0.2) is 17.5 Å². The minimum Gasteiger partial charge on any atom is -0.364 e. The van der Waals surface area contributed by atoms with E-state index in [2.05, 4.69) is 4.90 Å². The predicted octanol–water partition coefficient (Wildman–Crippen LogP) is 2.78. The Hall–Kier alpha value is -1.23. The molecule has 0 bridgehead atoms. The molecule has 19 heavy (non-hydrogen) atoms. The van der Waals surface area contributed by atoms with Crippen LogP contribution in [0.15, 0.2) is 12.1 Å². The van der Waals surface area contributed by atoms with Gasteiger partial charge in [-0.15, -0.1) is 0 Å². The highest BCUT2D eigenvalue weighted by Crippen LogP contribution is 2.31. The van der Waals surface area contributed by atoms with Crippen LogP contribution in [0.25, 0.3) is 0 Å². The monoisotopic (exact) mass is 270 g/mol. The van der Waals surface area contributed by atoms with E-state index in [0.717, 1.165) is 32.0 Å². The summed E-state index contributed by atoms with van der Waals surface area (Å²) in [7, 11) is 0. The van der Waals surface area contributed by atoms with Crippen molar-refractivity contribution in [3.8, 4) is 0 Å². The molecule has 2 aliphatic heterocycles. The molecule has 0 aromatic heterocycles. The average Bonchev–Trinajstić information content (AvgIpc) is 2.83. The largest absolute Gasteiger partial charge is 0.364 e. The maximum absolute atomic E-state index is 13.9. The first kappa shape index (κ1) is 12.8. The Kier molecular flexibility index (Phi) is 3.17. The fourth-order valence-corrected chi connectivity index (χ4v) is 3.26. The number of piperazine rings is 1. The Morgan fingerprint density at radius 3 is 2.68 bits per heavy atom. The molecule has 1 aromatic rings. The van der Waals surface area contributed by atoms with E-state index in [9.17, 15) is 13.2 Å². The number of fused-ring (bicyclic) bond motifs is 1. The lowest BCUT2D eigenvalue weighted by atomic mass is 10.1. The minimum atomic E-state index is -1.38. The summed E-state index contributed by atoms with van der Waals surface area (Å²) < 4.78 is 40.2. The van der Waals surface area contributed by atoms with Gasteiger partial charge in [0.25, 0.3) is 0 Å². The summed E-state index contributed by atoms with van der Waals surface area (Å²) in [5.41, 5.74) is 0.179. The minimum absolute atomic E-state index is 0.105. The van der Waals surface area contributed by atoms with Crippen LogP contribution in [-0.2, 0) is 0 Å². The number of hydrogen-bond acceptors (Lipinski definition) is 2. The van der Waals surface area contributed by atoms with Crippen LogP contribution in [0.3, 0.4) is 0 Å². The highest BCUT2D eigenvalue weighted by molar-refractivity contribution is 5.50. The van der Waals surface area contributed by atoms with Crippen molar-refractivity contribution in [2.45, 2.75) is 31.8 Å². The van der Waals surface area contributed by atoms with Crippen LogP contribution in [-0.4, -0.2) is 36.6 Å². The van der Waals surface area contributed by atoms with Gasteiger partial charge in [0.2, 0.25) is 0 Å². The zero-order valence-corrected chi connectivity index (χ0v) is 10.9. The Bertz CT molecular complexity index is 492. The molecule has 2 heterocycles. The van der Waals surface area contributed by atoms with E-state index in [1.165, 1.54) is 6.07 Å². The first-order valence-electron chi connectivity index (χ1n) is 6.72. The van der Waals surface area contributed by atoms with Crippen LogP contribution in [0, 0.1) is 17.5 Å². The summed E-state index contributed by atoms with van der Waals surface area (Å²) in [6.45, 7) is 4.62. The Morgan fingerprint density at radius 1 is 1.11 bits per heavy atom. The Morgan fingerprint density at radius 2 is 1.89 bits per heavy atom. The van der Waals surface area contributed by atoms with Gasteiger partial charge in [-0.2, -0.15) is 0 Å². The molecule has 0 aliphatic carbocycles. The summed E-state index contributed by atoms with van der Waals surface area (Å²) in [6, 6.07) is 2.86. The maximum Gasteiger partial charge on any atom is 0.196 e. The number of rotatable bonds is 1. The van der Waals surface area contributed by atoms with Crippen molar-refractivity contribution in [1.82, 2.24) is 4.90 Å². The molecule has 0 N–H and O–H groups in total. The number of nitrogens with zero attached hydrogens (tertiary/aromatic N) is 2. The quantitative estimate of drug-likeness (QED) is 0.724. The van der Waals surface area contributed by atoms with Crippen molar-refractivity contribution < 1.29 is 13.2 Å². The van der Waals surface area contributed by atoms with E-state index >= 15 is 0 Å². The molecular weight excluding hydrogens is 253 g/mol. The molecule has 0 amide bonds. The second kappa shape index (κ2) is 4.71. The van der Waals surface area contributed by atoms with E-state index in [1.54, 1.807) is 0 Å². The average molecular weight is 270 g/mol. The molecular formula is C14H17F3N2. The van der Waals surface area contributed by atoms with Gasteiger partial charge in [0.1, 0.15) is 0 Å². The topological polar surface area (TPSA) is 6.48 Å². The van der Waals surface area contributed by atoms with Gasteiger partial charge < -0.3 is 4.90 Å². The van der Waals surface area contributed by atoms with Crippen LogP contribution in [0.5, 0.6) is 0 Å². The van der Waals surface area contributed by atoms with Gasteiger partial charge in [-0.1, -0.05) is 0 Å². The van der Waals surface area contributed by atoms with E-state index in [-0.39, 0.29) is 11.7 Å². The first-order valence-corrected chi connectivity index (χ1v) is 6.72. The molecule has 3 rings (SSSR count). The van der Waals surface area contributed by atoms with Crippen LogP contribution < -0.4 is 4.90 Å². The lowest BCUT2D eigenvalue weighted by molar-refractivity contribution is 0.202. The SMILES string of the molecule is CC1CN2CCCC2CN1c1ccc(F)c(F)c1F. The summed E-state index contributed by atoms with van der Waals surface area (Å²) in [5.74, 6) is -3.58. The van der Waals surface area contributed by atoms with Gasteiger partial charge in [-0.05, 0) is 38.4 Å². The van der Waals surface area contributed by atoms with Crippen LogP contribution >= 0.6 is 0 Å². The fraction of sp³-hybridized carbons (Fsp3) is 0.571. The standard InChI is InChI=1S/C14H17F3N2/c1-9-7-18-6-2-3-10(18)8-19(9)12-5-4-11(15)13(16)14(12)17/h4-5,9-10H,2-3,6-8H2,1H3. The molecule has 2 nitrogen and oxygen atoms in total. The normalized spacial score (nSPS) is 27.7. The molecule has 0 saturated carbocycles. The summed E-state index contributed by atoms with van der Waals surface area (Å²) in [6.07, 6.45) is 2.25. The van der Waals surface area contributed by atoms with Crippen molar-refractivity contribution in [3.05, 3.63) is 29.6 Å². The number of benzene rings is 1. The third-order valence-electron chi connectivity index (χ3n) is 4.26. The van der Waals surface area contributed by atoms with E-state index in [4.69, 9.17) is 0 Å². The van der Waals surface area contributed by atoms with Crippen molar-refractivity contribution in [2.24, 2.45) is 0 Å². The van der Waals surface area contributed by atoms with Crippen LogP contribution in [0.4, 0.5) is 18.9 Å². The van der Waals surface area contributed by atoms with Crippen molar-refractivity contribution >= 4 is 5.69 Å². The van der Waals surface area contributed by atoms with Crippen LogP contribution in [0.1, 0.15) is 19.8 Å². The summed E-state index contributed by atoms with van der Waals surface area (Å²) in [5, 5.41) is 0. The second-order valence-electron chi connectivity index (χ2n) is 5.49. The van der Waals surface area contributed by atoms with Gasteiger partial charge in [-0.3, -0.25) is 4.90 Å². The molecule has 2 unspecified atom stereocenters.